The first-order chi connectivity index (χ1) is 16.3. The minimum atomic E-state index is -0.167. The maximum absolute atomic E-state index is 13.2. The van der Waals surface area contributed by atoms with Crippen molar-refractivity contribution in [3.05, 3.63) is 64.7 Å². The molecule has 34 heavy (non-hydrogen) atoms. The molecule has 2 bridgehead atoms. The fourth-order valence-corrected chi connectivity index (χ4v) is 8.27. The molecule has 1 saturated carbocycles. The lowest BCUT2D eigenvalue weighted by Gasteiger charge is -2.17. The van der Waals surface area contributed by atoms with Crippen molar-refractivity contribution in [2.75, 3.05) is 4.90 Å². The molecule has 2 aromatic carbocycles. The molecule has 1 aromatic heterocycles. The number of hydrogen-bond acceptors (Lipinski definition) is 5. The predicted octanol–water partition coefficient (Wildman–Crippen LogP) is 6.64. The highest BCUT2D eigenvalue weighted by molar-refractivity contribution is 8.00. The summed E-state index contributed by atoms with van der Waals surface area (Å²) in [7, 11) is 0. The van der Waals surface area contributed by atoms with Crippen LogP contribution >= 0.6 is 23.1 Å². The van der Waals surface area contributed by atoms with Crippen molar-refractivity contribution in [2.24, 2.45) is 23.7 Å². The number of rotatable bonds is 5. The minimum absolute atomic E-state index is 0.0268. The number of allylic oxidation sites excluding steroid dienone is 2. The molecule has 2 aliphatic carbocycles. The third kappa shape index (κ3) is 3.37. The van der Waals surface area contributed by atoms with Gasteiger partial charge in [-0.15, -0.1) is 11.3 Å². The summed E-state index contributed by atoms with van der Waals surface area (Å²) in [4.78, 5) is 32.6. The largest absolute Gasteiger partial charge is 0.274 e. The highest BCUT2D eigenvalue weighted by atomic mass is 32.2. The number of carbonyl (C=O) groups excluding carboxylic acids is 2. The van der Waals surface area contributed by atoms with Crippen LogP contribution in [0.25, 0.3) is 10.2 Å². The SMILES string of the molecule is Cc1cc(C(C)C)cc(C)c1CSc1nc2ccc(N3C(=O)[C@@H]4[C@@H](C3=O)[C@H]3C=C[C@H]4C3)cc2s1. The van der Waals surface area contributed by atoms with Crippen molar-refractivity contribution in [2.45, 2.75) is 50.1 Å². The first-order valence-corrected chi connectivity index (χ1v) is 13.8. The van der Waals surface area contributed by atoms with Gasteiger partial charge in [0.25, 0.3) is 0 Å². The fraction of sp³-hybridized carbons (Fsp3) is 0.393. The van der Waals surface area contributed by atoms with Crippen LogP contribution in [0.15, 0.2) is 46.8 Å². The van der Waals surface area contributed by atoms with Gasteiger partial charge in [0.05, 0.1) is 27.7 Å². The van der Waals surface area contributed by atoms with Gasteiger partial charge in [-0.05, 0) is 78.5 Å². The Kier molecular flexibility index (Phi) is 5.23. The predicted molar refractivity (Wildman–Crippen MR) is 139 cm³/mol. The van der Waals surface area contributed by atoms with Crippen molar-refractivity contribution in [3.8, 4) is 0 Å². The second-order valence-electron chi connectivity index (χ2n) is 10.2. The number of benzene rings is 2. The zero-order chi connectivity index (χ0) is 23.7. The topological polar surface area (TPSA) is 50.3 Å². The molecule has 0 unspecified atom stereocenters. The van der Waals surface area contributed by atoms with Crippen LogP contribution in [0.4, 0.5) is 5.69 Å². The Morgan fingerprint density at radius 1 is 1.03 bits per heavy atom. The summed E-state index contributed by atoms with van der Waals surface area (Å²) in [6.07, 6.45) is 5.22. The molecule has 6 heteroatoms. The van der Waals surface area contributed by atoms with Crippen molar-refractivity contribution in [3.63, 3.8) is 0 Å². The third-order valence-electron chi connectivity index (χ3n) is 7.81. The molecule has 4 nitrogen and oxygen atoms in total. The third-order valence-corrected chi connectivity index (χ3v) is 9.99. The Labute approximate surface area is 208 Å². The Morgan fingerprint density at radius 3 is 2.29 bits per heavy atom. The van der Waals surface area contributed by atoms with Gasteiger partial charge >= 0.3 is 0 Å². The van der Waals surface area contributed by atoms with Crippen LogP contribution in [-0.2, 0) is 15.3 Å². The average Bonchev–Trinajstić information content (AvgIpc) is 3.55. The van der Waals surface area contributed by atoms with Gasteiger partial charge in [0.1, 0.15) is 0 Å². The van der Waals surface area contributed by atoms with Crippen LogP contribution < -0.4 is 4.90 Å². The summed E-state index contributed by atoms with van der Waals surface area (Å²) in [5.74, 6) is 1.48. The van der Waals surface area contributed by atoms with E-state index in [2.05, 4.69) is 52.0 Å². The Balaban J connectivity index is 1.23. The summed E-state index contributed by atoms with van der Waals surface area (Å²) in [5.41, 5.74) is 7.03. The minimum Gasteiger partial charge on any atom is -0.274 e. The zero-order valence-electron chi connectivity index (χ0n) is 19.9. The van der Waals surface area contributed by atoms with Gasteiger partial charge in [-0.3, -0.25) is 9.59 Å². The molecule has 2 heterocycles. The van der Waals surface area contributed by atoms with Gasteiger partial charge in [-0.25, -0.2) is 9.88 Å². The Bertz CT molecular complexity index is 1320. The number of aromatic nitrogens is 1. The van der Waals surface area contributed by atoms with E-state index in [0.717, 1.165) is 26.7 Å². The number of aryl methyl sites for hydroxylation is 2. The van der Waals surface area contributed by atoms with Crippen molar-refractivity contribution < 1.29 is 9.59 Å². The lowest BCUT2D eigenvalue weighted by atomic mass is 9.85. The van der Waals surface area contributed by atoms with E-state index in [0.29, 0.717) is 11.6 Å². The summed E-state index contributed by atoms with van der Waals surface area (Å²) in [5, 5.41) is 0. The summed E-state index contributed by atoms with van der Waals surface area (Å²) in [6.45, 7) is 8.85. The van der Waals surface area contributed by atoms with Gasteiger partial charge in [-0.1, -0.05) is 49.9 Å². The number of hydrogen-bond donors (Lipinski definition) is 0. The molecule has 3 aromatic rings. The van der Waals surface area contributed by atoms with E-state index in [4.69, 9.17) is 4.98 Å². The first kappa shape index (κ1) is 22.1. The first-order valence-electron chi connectivity index (χ1n) is 12.0. The monoisotopic (exact) mass is 488 g/mol. The molecule has 2 fully saturated rings. The van der Waals surface area contributed by atoms with Crippen molar-refractivity contribution in [1.82, 2.24) is 4.98 Å². The Morgan fingerprint density at radius 2 is 1.68 bits per heavy atom. The van der Waals surface area contributed by atoms with Crippen LogP contribution in [0.5, 0.6) is 0 Å². The molecule has 1 saturated heterocycles. The van der Waals surface area contributed by atoms with Gasteiger partial charge in [0.2, 0.25) is 11.8 Å². The molecule has 0 radical (unpaired) electrons. The number of amides is 2. The van der Waals surface area contributed by atoms with E-state index in [-0.39, 0.29) is 35.5 Å². The van der Waals surface area contributed by atoms with E-state index < -0.39 is 0 Å². The van der Waals surface area contributed by atoms with Crippen molar-refractivity contribution in [1.29, 1.82) is 0 Å². The molecule has 3 aliphatic rings. The van der Waals surface area contributed by atoms with E-state index in [1.54, 1.807) is 23.1 Å². The van der Waals surface area contributed by atoms with Gasteiger partial charge < -0.3 is 0 Å². The molecule has 1 aliphatic heterocycles. The number of nitrogens with zero attached hydrogens (tertiary/aromatic N) is 2. The lowest BCUT2D eigenvalue weighted by molar-refractivity contribution is -0.123. The summed E-state index contributed by atoms with van der Waals surface area (Å²) in [6, 6.07) is 10.4. The molecular formula is C28H28N2O2S2. The van der Waals surface area contributed by atoms with Crippen LogP contribution in [0.3, 0.4) is 0 Å². The molecular weight excluding hydrogens is 460 g/mol. The van der Waals surface area contributed by atoms with E-state index in [1.807, 2.05) is 18.2 Å². The van der Waals surface area contributed by atoms with Gasteiger partial charge in [-0.2, -0.15) is 0 Å². The number of thiazole rings is 1. The second kappa shape index (κ2) is 8.06. The van der Waals surface area contributed by atoms with Crippen molar-refractivity contribution >= 4 is 50.8 Å². The lowest BCUT2D eigenvalue weighted by Crippen LogP contribution is -2.32. The second-order valence-corrected chi connectivity index (χ2v) is 12.5. The smallest absolute Gasteiger partial charge is 0.238 e. The quantitative estimate of drug-likeness (QED) is 0.229. The number of imide groups is 1. The standard InChI is InChI=1S/C28H28N2O2S2/c1-14(2)19-9-15(3)21(16(4)10-19)13-33-28-29-22-8-7-20(12-23(22)34-28)30-26(31)24-17-5-6-18(11-17)25(24)27(30)32/h5-10,12,14,17-18,24-25H,11,13H2,1-4H3/t17-,18-,24-,25-/m0/s1. The molecule has 174 valence electrons. The normalized spacial score (nSPS) is 25.4. The highest BCUT2D eigenvalue weighted by Crippen LogP contribution is 2.53. The maximum atomic E-state index is 13.2. The summed E-state index contributed by atoms with van der Waals surface area (Å²) < 4.78 is 2.03. The molecule has 6 rings (SSSR count). The van der Waals surface area contributed by atoms with E-state index >= 15 is 0 Å². The van der Waals surface area contributed by atoms with E-state index in [1.165, 1.54) is 27.2 Å². The average molecular weight is 489 g/mol. The van der Waals surface area contributed by atoms with E-state index in [9.17, 15) is 9.59 Å². The molecule has 0 N–H and O–H groups in total. The number of anilines is 1. The van der Waals surface area contributed by atoms with Crippen LogP contribution in [-0.4, -0.2) is 16.8 Å². The Hall–Kier alpha value is -2.44. The number of carbonyl (C=O) groups is 2. The summed E-state index contributed by atoms with van der Waals surface area (Å²) >= 11 is 3.39. The zero-order valence-corrected chi connectivity index (χ0v) is 21.5. The molecule has 4 atom stereocenters. The number of fused-ring (bicyclic) bond motifs is 6. The van der Waals surface area contributed by atoms with Crippen LogP contribution in [0.2, 0.25) is 0 Å². The molecule has 2 amide bonds. The van der Waals surface area contributed by atoms with Gasteiger partial charge in [0.15, 0.2) is 4.34 Å². The van der Waals surface area contributed by atoms with Crippen LogP contribution in [0, 0.1) is 37.5 Å². The maximum Gasteiger partial charge on any atom is 0.238 e. The highest BCUT2D eigenvalue weighted by Gasteiger charge is 2.59. The van der Waals surface area contributed by atoms with Crippen LogP contribution in [0.1, 0.15) is 48.4 Å². The fourth-order valence-electron chi connectivity index (χ4n) is 5.97. The van der Waals surface area contributed by atoms with Gasteiger partial charge in [0, 0.05) is 5.75 Å². The molecule has 0 spiro atoms. The number of thioether (sulfide) groups is 1.